The second-order valence-electron chi connectivity index (χ2n) is 2.89. The summed E-state index contributed by atoms with van der Waals surface area (Å²) >= 11 is 3.72. The van der Waals surface area contributed by atoms with Crippen molar-refractivity contribution >= 4 is 31.1 Å². The molecule has 0 amide bonds. The maximum Gasteiger partial charge on any atom is 0.468 e. The lowest BCUT2D eigenvalue weighted by Gasteiger charge is -2.21. The monoisotopic (exact) mass is 216 g/mol. The topological polar surface area (TPSA) is 9.23 Å². The molecule has 0 N–H and O–H groups in total. The van der Waals surface area contributed by atoms with Crippen LogP contribution in [0.3, 0.4) is 0 Å². The van der Waals surface area contributed by atoms with Gasteiger partial charge < -0.3 is 17.6 Å². The Balaban J connectivity index is 2.02. The molecule has 0 aromatic rings. The van der Waals surface area contributed by atoms with Gasteiger partial charge in [0.05, 0.1) is 0 Å². The number of halogens is 1. The van der Waals surface area contributed by atoms with Crippen LogP contribution in [-0.4, -0.2) is 31.4 Å². The lowest BCUT2D eigenvalue weighted by molar-refractivity contribution is 0.0654. The van der Waals surface area contributed by atoms with E-state index < -0.39 is 0 Å². The quantitative estimate of drug-likeness (QED) is 0.659. The van der Waals surface area contributed by atoms with Gasteiger partial charge >= 0.3 is 18.2 Å². The molecule has 0 radical (unpaired) electrons. The van der Waals surface area contributed by atoms with Gasteiger partial charge in [0, 0.05) is 13.2 Å². The number of ether oxygens (including phenoxy) is 1. The van der Waals surface area contributed by atoms with E-state index >= 15 is 0 Å². The summed E-state index contributed by atoms with van der Waals surface area (Å²) < 4.78 is 6.74. The van der Waals surface area contributed by atoms with Crippen LogP contribution in [0.4, 0.5) is 0 Å². The van der Waals surface area contributed by atoms with E-state index in [0.29, 0.717) is 0 Å². The largest absolute Gasteiger partial charge is 0.468 e. The van der Waals surface area contributed by atoms with E-state index in [0.717, 1.165) is 19.1 Å². The summed E-state index contributed by atoms with van der Waals surface area (Å²) in [5.41, 5.74) is 0. The van der Waals surface area contributed by atoms with Crippen LogP contribution >= 0.6 is 12.9 Å². The Hall–Kier alpha value is 1.21. The van der Waals surface area contributed by atoms with Crippen molar-refractivity contribution in [1.29, 1.82) is 0 Å². The summed E-state index contributed by atoms with van der Waals surface area (Å²) in [4.78, 5) is 0. The average molecular weight is 217 g/mol. The molecular formula is C7H13BrMgO. The summed E-state index contributed by atoms with van der Waals surface area (Å²) in [6, 6.07) is 0. The van der Waals surface area contributed by atoms with Gasteiger partial charge in [-0.2, -0.15) is 0 Å². The van der Waals surface area contributed by atoms with Gasteiger partial charge in [0.2, 0.25) is 0 Å². The van der Waals surface area contributed by atoms with Crippen molar-refractivity contribution in [3.8, 4) is 0 Å². The highest BCUT2D eigenvalue weighted by molar-refractivity contribution is 9.23. The third-order valence-corrected chi connectivity index (χ3v) is 4.44. The Labute approximate surface area is 78.5 Å². The molecule has 0 saturated carbocycles. The molecule has 0 atom stereocenters. The summed E-state index contributed by atoms with van der Waals surface area (Å²) in [6.07, 6.45) is 4.06. The van der Waals surface area contributed by atoms with Gasteiger partial charge in [-0.25, -0.2) is 0 Å². The Bertz CT molecular complexity index is 83.7. The van der Waals surface area contributed by atoms with E-state index in [-0.39, 0.29) is 18.2 Å². The van der Waals surface area contributed by atoms with Crippen LogP contribution < -0.4 is 0 Å². The Morgan fingerprint density at radius 3 is 2.70 bits per heavy atom. The summed E-state index contributed by atoms with van der Waals surface area (Å²) in [5, 5.41) is 0. The first-order valence-electron chi connectivity index (χ1n) is 4.07. The zero-order valence-corrected chi connectivity index (χ0v) is 9.31. The van der Waals surface area contributed by atoms with Crippen LogP contribution in [0, 0.1) is 5.92 Å². The second kappa shape index (κ2) is 5.81. The maximum atomic E-state index is 5.28. The zero-order valence-electron chi connectivity index (χ0n) is 6.31. The molecule has 1 aliphatic heterocycles. The van der Waals surface area contributed by atoms with Gasteiger partial charge in [-0.05, 0) is 18.8 Å². The van der Waals surface area contributed by atoms with Crippen molar-refractivity contribution in [3.63, 3.8) is 0 Å². The van der Waals surface area contributed by atoms with E-state index in [4.69, 9.17) is 4.74 Å². The molecule has 1 fully saturated rings. The lowest BCUT2D eigenvalue weighted by Crippen LogP contribution is -2.15. The molecule has 1 heterocycles. The van der Waals surface area contributed by atoms with Gasteiger partial charge in [-0.15, -0.1) is 4.55 Å². The minimum Gasteiger partial charge on any atom is -0.381 e. The molecule has 0 bridgehead atoms. The summed E-state index contributed by atoms with van der Waals surface area (Å²) in [7, 11) is 0. The van der Waals surface area contributed by atoms with Crippen molar-refractivity contribution in [2.75, 3.05) is 13.2 Å². The van der Waals surface area contributed by atoms with Crippen LogP contribution in [0.15, 0.2) is 0 Å². The molecule has 1 nitrogen and oxygen atoms in total. The van der Waals surface area contributed by atoms with Crippen molar-refractivity contribution in [2.45, 2.75) is 23.8 Å². The fourth-order valence-corrected chi connectivity index (χ4v) is 3.10. The second-order valence-corrected chi connectivity index (χ2v) is 6.35. The smallest absolute Gasteiger partial charge is 0.381 e. The summed E-state index contributed by atoms with van der Waals surface area (Å²) in [6.45, 7) is 2.02. The fourth-order valence-electron chi connectivity index (χ4n) is 1.40. The highest BCUT2D eigenvalue weighted by Crippen LogP contribution is 2.20. The van der Waals surface area contributed by atoms with Gasteiger partial charge in [-0.3, -0.25) is 0 Å². The van der Waals surface area contributed by atoms with E-state index in [2.05, 4.69) is 12.9 Å². The number of rotatable bonds is 3. The molecule has 0 unspecified atom stereocenters. The first-order valence-corrected chi connectivity index (χ1v) is 8.97. The maximum absolute atomic E-state index is 5.28. The standard InChI is InChI=1S/C7H13O.BrH.Mg/c1-2-7-3-5-8-6-4-7;;/h7H,1-6H2;1H;/q;;+1/p-1. The predicted molar refractivity (Wildman–Crippen MR) is 47.6 cm³/mol. The minimum absolute atomic E-state index is 0.141. The van der Waals surface area contributed by atoms with Crippen LogP contribution in [0.1, 0.15) is 19.3 Å². The van der Waals surface area contributed by atoms with Gasteiger partial charge in [0.15, 0.2) is 0 Å². The first-order chi connectivity index (χ1) is 4.93. The number of hydrogen-bond donors (Lipinski definition) is 0. The van der Waals surface area contributed by atoms with E-state index in [1.165, 1.54) is 23.8 Å². The van der Waals surface area contributed by atoms with Crippen molar-refractivity contribution in [2.24, 2.45) is 5.92 Å². The van der Waals surface area contributed by atoms with Crippen molar-refractivity contribution in [1.82, 2.24) is 0 Å². The molecule has 0 aromatic heterocycles. The molecule has 0 spiro atoms. The van der Waals surface area contributed by atoms with Gasteiger partial charge in [0.1, 0.15) is 0 Å². The Kier molecular flexibility index (Phi) is 5.40. The molecule has 10 heavy (non-hydrogen) atoms. The fraction of sp³-hybridized carbons (Fsp3) is 1.00. The van der Waals surface area contributed by atoms with Crippen molar-refractivity contribution < 1.29 is 4.74 Å². The van der Waals surface area contributed by atoms with Crippen LogP contribution in [0.2, 0.25) is 4.55 Å². The molecule has 3 heteroatoms. The van der Waals surface area contributed by atoms with E-state index in [1.807, 2.05) is 0 Å². The molecule has 56 valence electrons. The zero-order chi connectivity index (χ0) is 7.23. The highest BCUT2D eigenvalue weighted by Gasteiger charge is 2.12. The number of hydrogen-bond acceptors (Lipinski definition) is 1. The van der Waals surface area contributed by atoms with Crippen LogP contribution in [0.25, 0.3) is 0 Å². The highest BCUT2D eigenvalue weighted by atomic mass is 79.9. The molecule has 1 aliphatic rings. The SMILES string of the molecule is [Br][Mg][CH2]CC1CCOCC1. The third-order valence-electron chi connectivity index (χ3n) is 2.09. The van der Waals surface area contributed by atoms with Crippen LogP contribution in [0.5, 0.6) is 0 Å². The summed E-state index contributed by atoms with van der Waals surface area (Å²) in [5.74, 6) is 0.985. The van der Waals surface area contributed by atoms with Crippen LogP contribution in [-0.2, 0) is 4.74 Å². The predicted octanol–water partition coefficient (Wildman–Crippen LogP) is 2.24. The van der Waals surface area contributed by atoms with E-state index in [1.54, 1.807) is 0 Å². The molecule has 0 aromatic carbocycles. The first kappa shape index (κ1) is 9.30. The third kappa shape index (κ3) is 3.55. The Morgan fingerprint density at radius 2 is 2.10 bits per heavy atom. The van der Waals surface area contributed by atoms with Gasteiger partial charge in [0.25, 0.3) is 0 Å². The molecule has 1 rings (SSSR count). The molecular weight excluding hydrogens is 204 g/mol. The lowest BCUT2D eigenvalue weighted by atomic mass is 9.98. The molecule has 1 saturated heterocycles. The van der Waals surface area contributed by atoms with Crippen molar-refractivity contribution in [3.05, 3.63) is 0 Å². The van der Waals surface area contributed by atoms with E-state index in [9.17, 15) is 0 Å². The van der Waals surface area contributed by atoms with Gasteiger partial charge in [-0.1, -0.05) is 6.42 Å². The average Bonchev–Trinajstić information content (AvgIpc) is 2.03. The molecule has 0 aliphatic carbocycles. The Morgan fingerprint density at radius 1 is 1.40 bits per heavy atom. The minimum atomic E-state index is 0.141. The normalized spacial score (nSPS) is 20.5.